The molecule has 53 heavy (non-hydrogen) atoms. The zero-order valence-electron chi connectivity index (χ0n) is 27.6. The first kappa shape index (κ1) is 38.7. The molecule has 286 valence electrons. The van der Waals surface area contributed by atoms with Crippen LogP contribution in [0.3, 0.4) is 0 Å². The fourth-order valence-corrected chi connectivity index (χ4v) is 7.83. The number of aliphatic hydroxyl groups is 5. The molecule has 23 nitrogen and oxygen atoms in total. The average Bonchev–Trinajstić information content (AvgIpc) is 3.63. The molecular formula is C28H34N8O15P2. The Labute approximate surface area is 296 Å². The molecule has 0 saturated carbocycles. The van der Waals surface area contributed by atoms with Crippen LogP contribution in [-0.4, -0.2) is 119 Å². The van der Waals surface area contributed by atoms with Crippen LogP contribution in [0.5, 0.6) is 0 Å². The minimum atomic E-state index is -5.53. The van der Waals surface area contributed by atoms with E-state index in [2.05, 4.69) is 33.8 Å². The summed E-state index contributed by atoms with van der Waals surface area (Å²) in [6.45, 7) is 0.920. The summed E-state index contributed by atoms with van der Waals surface area (Å²) in [5.74, 6) is -0.0992. The smallest absolute Gasteiger partial charge is 0.388 e. The number of nitrogens with zero attached hydrogens (tertiary/aromatic N) is 6. The highest BCUT2D eigenvalue weighted by Crippen LogP contribution is 2.60. The quantitative estimate of drug-likeness (QED) is 0.0469. The molecule has 0 amide bonds. The molecule has 9 atom stereocenters. The molecule has 25 heteroatoms. The van der Waals surface area contributed by atoms with Gasteiger partial charge in [0.2, 0.25) is 0 Å². The molecule has 6 rings (SSSR count). The topological polar surface area (TPSA) is 350 Å². The number of nitrogen functional groups attached to an aromatic ring is 1. The summed E-state index contributed by atoms with van der Waals surface area (Å²) in [7, 11) is -11.0. The first-order chi connectivity index (χ1) is 24.9. The van der Waals surface area contributed by atoms with Gasteiger partial charge in [-0.3, -0.25) is 23.4 Å². The number of nitrogens with two attached hydrogens (primary N) is 1. The number of hydrogen-bond donors (Lipinski definition) is 9. The van der Waals surface area contributed by atoms with E-state index in [1.54, 1.807) is 19.1 Å². The van der Waals surface area contributed by atoms with Gasteiger partial charge >= 0.3 is 21.3 Å². The van der Waals surface area contributed by atoms with Crippen LogP contribution < -0.4 is 17.0 Å². The van der Waals surface area contributed by atoms with Crippen LogP contribution in [-0.2, 0) is 33.8 Å². The summed E-state index contributed by atoms with van der Waals surface area (Å²) in [6.07, 6.45) is -9.85. The number of phosphoric ester groups is 2. The van der Waals surface area contributed by atoms with E-state index in [1.807, 2.05) is 6.92 Å². The van der Waals surface area contributed by atoms with Gasteiger partial charge in [0, 0.05) is 0 Å². The van der Waals surface area contributed by atoms with Crippen molar-refractivity contribution in [2.24, 2.45) is 0 Å². The minimum absolute atomic E-state index is 0.00237. The molecule has 0 bridgehead atoms. The lowest BCUT2D eigenvalue weighted by atomic mass is 10.0. The molecule has 1 aromatic carbocycles. The molecule has 3 aliphatic heterocycles. The van der Waals surface area contributed by atoms with Crippen molar-refractivity contribution in [3.8, 4) is 11.4 Å². The number of phosphoric acid groups is 2. The van der Waals surface area contributed by atoms with Gasteiger partial charge in [-0.2, -0.15) is 9.29 Å². The molecule has 0 spiro atoms. The number of rotatable bonds is 13. The Balaban J connectivity index is 1.07. The van der Waals surface area contributed by atoms with Gasteiger partial charge in [0.25, 0.3) is 5.56 Å². The second kappa shape index (κ2) is 14.6. The van der Waals surface area contributed by atoms with Crippen LogP contribution in [0.2, 0.25) is 0 Å². The molecule has 5 heterocycles. The number of nitrogens with one attached hydrogen (secondary N) is 1. The Morgan fingerprint density at radius 2 is 1.68 bits per heavy atom. The Morgan fingerprint density at radius 3 is 2.42 bits per heavy atom. The van der Waals surface area contributed by atoms with Crippen LogP contribution in [0.15, 0.2) is 40.4 Å². The SMILES string of the molecule is Cc1cc2cc3c(=O)[nH]c(=O)nc-3n(CC(O)C(O)C(O)COP(=O)(O)OP(=O)(O)OCC3OC(n4cnc5c(N)ncnc54)C(O)C3O)c2cc1C. The summed E-state index contributed by atoms with van der Waals surface area (Å²) in [6, 6.07) is 4.97. The van der Waals surface area contributed by atoms with Gasteiger partial charge in [-0.05, 0) is 48.6 Å². The summed E-state index contributed by atoms with van der Waals surface area (Å²) in [5, 5.41) is 53.6. The van der Waals surface area contributed by atoms with Crippen molar-refractivity contribution in [2.75, 3.05) is 18.9 Å². The van der Waals surface area contributed by atoms with E-state index in [-0.39, 0.29) is 28.4 Å². The maximum absolute atomic E-state index is 12.6. The number of imidazole rings is 1. The second-order valence-corrected chi connectivity index (χ2v) is 15.3. The highest BCUT2D eigenvalue weighted by atomic mass is 31.3. The van der Waals surface area contributed by atoms with Crippen LogP contribution in [0.4, 0.5) is 5.82 Å². The average molecular weight is 785 g/mol. The third-order valence-electron chi connectivity index (χ3n) is 8.58. The maximum Gasteiger partial charge on any atom is 0.481 e. The number of anilines is 1. The summed E-state index contributed by atoms with van der Waals surface area (Å²) < 4.78 is 46.7. The first-order valence-electron chi connectivity index (χ1n) is 15.6. The Morgan fingerprint density at radius 1 is 0.981 bits per heavy atom. The number of aromatic nitrogens is 7. The molecule has 9 unspecified atom stereocenters. The number of aromatic amines is 1. The zero-order chi connectivity index (χ0) is 38.6. The largest absolute Gasteiger partial charge is 0.481 e. The van der Waals surface area contributed by atoms with E-state index < -0.39 is 89.5 Å². The number of aryl methyl sites for hydroxylation is 2. The summed E-state index contributed by atoms with van der Waals surface area (Å²) in [5.41, 5.74) is 6.45. The number of ether oxygens (including phenoxy) is 1. The van der Waals surface area contributed by atoms with E-state index >= 15 is 0 Å². The van der Waals surface area contributed by atoms with Crippen molar-refractivity contribution >= 4 is 43.5 Å². The molecule has 0 aliphatic carbocycles. The van der Waals surface area contributed by atoms with Gasteiger partial charge in [-0.1, -0.05) is 0 Å². The number of hydrogen-bond acceptors (Lipinski definition) is 18. The van der Waals surface area contributed by atoms with Gasteiger partial charge < -0.3 is 50.4 Å². The molecule has 1 fully saturated rings. The highest BCUT2D eigenvalue weighted by molar-refractivity contribution is 7.61. The third kappa shape index (κ3) is 7.93. The molecule has 10 N–H and O–H groups in total. The predicted molar refractivity (Wildman–Crippen MR) is 179 cm³/mol. The van der Waals surface area contributed by atoms with Crippen LogP contribution >= 0.6 is 15.6 Å². The van der Waals surface area contributed by atoms with E-state index in [9.17, 15) is 54.0 Å². The van der Waals surface area contributed by atoms with Gasteiger partial charge in [-0.15, -0.1) is 0 Å². The lowest BCUT2D eigenvalue weighted by Gasteiger charge is -2.26. The number of benzene rings is 1. The standard InChI is InChI=1S/C28H34N8O15P2/c1-11-3-13-5-14-24(33-28(43)34-26(14)42)35(15(13)4-12(11)2)6-16(37)20(39)17(38)7-48-52(44,45)51-53(46,47)49-8-18-21(40)22(41)27(50-18)36-10-32-19-23(29)30-9-31-25(19)36/h3-5,9-10,16-18,20-22,27,37-41H,6-8H2,1-2H3,(H,44,45)(H,46,47)(H2,29,30,31)(H,34,42,43). The predicted octanol–water partition coefficient (Wildman–Crippen LogP) is -1.82. The number of fused-ring (bicyclic) bond motifs is 3. The van der Waals surface area contributed by atoms with Gasteiger partial charge in [0.1, 0.15) is 48.5 Å². The second-order valence-electron chi connectivity index (χ2n) is 12.2. The van der Waals surface area contributed by atoms with E-state index in [0.29, 0.717) is 10.9 Å². The first-order valence-corrected chi connectivity index (χ1v) is 18.5. The van der Waals surface area contributed by atoms with Crippen molar-refractivity contribution < 1.29 is 62.5 Å². The van der Waals surface area contributed by atoms with E-state index in [4.69, 9.17) is 15.0 Å². The fraction of sp³-hybridized carbons (Fsp3) is 0.429. The summed E-state index contributed by atoms with van der Waals surface area (Å²) >= 11 is 0. The monoisotopic (exact) mass is 784 g/mol. The highest BCUT2D eigenvalue weighted by Gasteiger charge is 2.46. The lowest BCUT2D eigenvalue weighted by Crippen LogP contribution is -2.42. The van der Waals surface area contributed by atoms with Crippen molar-refractivity contribution in [3.63, 3.8) is 0 Å². The zero-order valence-corrected chi connectivity index (χ0v) is 29.4. The van der Waals surface area contributed by atoms with Crippen molar-refractivity contribution in [1.82, 2.24) is 34.1 Å². The molecule has 1 saturated heterocycles. The van der Waals surface area contributed by atoms with Crippen LogP contribution in [0.25, 0.3) is 33.5 Å². The molecular weight excluding hydrogens is 750 g/mol. The van der Waals surface area contributed by atoms with Crippen LogP contribution in [0, 0.1) is 13.8 Å². The molecule has 3 aromatic rings. The molecule has 2 aromatic heterocycles. The van der Waals surface area contributed by atoms with Crippen LogP contribution in [0.1, 0.15) is 17.4 Å². The lowest BCUT2D eigenvalue weighted by molar-refractivity contribution is -0.0794. The fourth-order valence-electron chi connectivity index (χ4n) is 5.73. The normalized spacial score (nSPS) is 23.3. The maximum atomic E-state index is 12.6. The third-order valence-corrected chi connectivity index (χ3v) is 11.2. The number of aliphatic hydroxyl groups excluding tert-OH is 5. The van der Waals surface area contributed by atoms with Gasteiger partial charge in [0.15, 0.2) is 23.5 Å². The van der Waals surface area contributed by atoms with Gasteiger partial charge in [0.05, 0.1) is 37.2 Å². The van der Waals surface area contributed by atoms with Gasteiger partial charge in [-0.25, -0.2) is 28.9 Å². The van der Waals surface area contributed by atoms with Crippen molar-refractivity contribution in [1.29, 1.82) is 0 Å². The molecule has 0 radical (unpaired) electrons. The molecule has 3 aliphatic rings. The number of pyridine rings is 1. The Hall–Kier alpha value is -4.06. The number of H-pyrrole nitrogens is 1. The van der Waals surface area contributed by atoms with E-state index in [0.717, 1.165) is 17.5 Å². The summed E-state index contributed by atoms with van der Waals surface area (Å²) in [4.78, 5) is 62.6. The Bertz CT molecular complexity index is 2350. The van der Waals surface area contributed by atoms with E-state index in [1.165, 1.54) is 21.5 Å². The van der Waals surface area contributed by atoms with Crippen molar-refractivity contribution in [3.05, 3.63) is 62.8 Å². The Kier molecular flexibility index (Phi) is 10.7. The van der Waals surface area contributed by atoms with Crippen molar-refractivity contribution in [2.45, 2.75) is 63.2 Å². The minimum Gasteiger partial charge on any atom is -0.388 e.